The second-order valence-corrected chi connectivity index (χ2v) is 7.73. The molecule has 158 valence electrons. The van der Waals surface area contributed by atoms with Crippen molar-refractivity contribution in [2.24, 2.45) is 0 Å². The number of benzene rings is 3. The number of hydrogen-bond acceptors (Lipinski definition) is 4. The van der Waals surface area contributed by atoms with E-state index in [4.69, 9.17) is 0 Å². The first-order valence-electron chi connectivity index (χ1n) is 11.0. The Morgan fingerprint density at radius 2 is 1.48 bits per heavy atom. The van der Waals surface area contributed by atoms with Crippen molar-refractivity contribution in [3.05, 3.63) is 96.7 Å². The van der Waals surface area contributed by atoms with Crippen LogP contribution in [0.25, 0.3) is 10.9 Å². The predicted octanol–water partition coefficient (Wildman–Crippen LogP) is 5.77. The highest BCUT2D eigenvalue weighted by atomic mass is 15.1. The highest BCUT2D eigenvalue weighted by molar-refractivity contribution is 5.91. The predicted molar refractivity (Wildman–Crippen MR) is 132 cm³/mol. The second kappa shape index (κ2) is 10.6. The van der Waals surface area contributed by atoms with Gasteiger partial charge in [-0.05, 0) is 61.9 Å². The number of aromatic nitrogens is 1. The van der Waals surface area contributed by atoms with Gasteiger partial charge in [0.1, 0.15) is 0 Å². The molecular formula is C27H30N4. The summed E-state index contributed by atoms with van der Waals surface area (Å²) in [6, 6.07) is 29.6. The minimum Gasteiger partial charge on any atom is -0.384 e. The summed E-state index contributed by atoms with van der Waals surface area (Å²) in [6.07, 6.45) is 2.94. The van der Waals surface area contributed by atoms with Crippen LogP contribution in [0.15, 0.2) is 91.1 Å². The van der Waals surface area contributed by atoms with Gasteiger partial charge in [-0.3, -0.25) is 4.98 Å². The van der Waals surface area contributed by atoms with Crippen LogP contribution in [0.4, 0.5) is 17.1 Å². The largest absolute Gasteiger partial charge is 0.384 e. The third kappa shape index (κ3) is 5.62. The molecule has 2 N–H and O–H groups in total. The van der Waals surface area contributed by atoms with E-state index < -0.39 is 0 Å². The van der Waals surface area contributed by atoms with Crippen LogP contribution in [0.3, 0.4) is 0 Å². The molecule has 0 aliphatic heterocycles. The van der Waals surface area contributed by atoms with Gasteiger partial charge in [-0.25, -0.2) is 0 Å². The van der Waals surface area contributed by atoms with Crippen molar-refractivity contribution in [2.75, 3.05) is 36.4 Å². The van der Waals surface area contributed by atoms with Crippen molar-refractivity contribution in [1.29, 1.82) is 0 Å². The zero-order chi connectivity index (χ0) is 21.3. The Labute approximate surface area is 184 Å². The molecule has 3 aromatic carbocycles. The lowest BCUT2D eigenvalue weighted by Crippen LogP contribution is -2.30. The van der Waals surface area contributed by atoms with Gasteiger partial charge in [-0.1, -0.05) is 48.5 Å². The summed E-state index contributed by atoms with van der Waals surface area (Å²) in [5, 5.41) is 8.34. The number of hydrogen-bond donors (Lipinski definition) is 2. The van der Waals surface area contributed by atoms with E-state index >= 15 is 0 Å². The number of anilines is 3. The Hall–Kier alpha value is -3.37. The first-order chi connectivity index (χ1) is 15.3. The zero-order valence-corrected chi connectivity index (χ0v) is 18.1. The first kappa shape index (κ1) is 20.9. The van der Waals surface area contributed by atoms with Crippen LogP contribution in [-0.4, -0.2) is 31.2 Å². The molecule has 0 unspecified atom stereocenters. The van der Waals surface area contributed by atoms with E-state index in [2.05, 4.69) is 112 Å². The normalized spacial score (nSPS) is 10.9. The first-order valence-corrected chi connectivity index (χ1v) is 11.0. The van der Waals surface area contributed by atoms with E-state index in [9.17, 15) is 0 Å². The summed E-state index contributed by atoms with van der Waals surface area (Å²) in [4.78, 5) is 6.84. The van der Waals surface area contributed by atoms with Gasteiger partial charge in [0.25, 0.3) is 0 Å². The molecule has 0 fully saturated rings. The van der Waals surface area contributed by atoms with Gasteiger partial charge < -0.3 is 15.5 Å². The lowest BCUT2D eigenvalue weighted by Gasteiger charge is -2.25. The highest BCUT2D eigenvalue weighted by Gasteiger charge is 2.08. The van der Waals surface area contributed by atoms with E-state index in [-0.39, 0.29) is 0 Å². The molecule has 0 amide bonds. The summed E-state index contributed by atoms with van der Waals surface area (Å²) < 4.78 is 0. The van der Waals surface area contributed by atoms with Crippen molar-refractivity contribution in [3.63, 3.8) is 0 Å². The molecule has 0 atom stereocenters. The number of fused-ring (bicyclic) bond motifs is 1. The van der Waals surface area contributed by atoms with Gasteiger partial charge >= 0.3 is 0 Å². The molecule has 4 nitrogen and oxygen atoms in total. The maximum absolute atomic E-state index is 4.48. The highest BCUT2D eigenvalue weighted by Crippen LogP contribution is 2.24. The topological polar surface area (TPSA) is 40.2 Å². The van der Waals surface area contributed by atoms with Gasteiger partial charge in [0, 0.05) is 48.3 Å². The van der Waals surface area contributed by atoms with Gasteiger partial charge in [0.15, 0.2) is 0 Å². The average Bonchev–Trinajstić information content (AvgIpc) is 2.82. The lowest BCUT2D eigenvalue weighted by atomic mass is 10.1. The Bertz CT molecular complexity index is 1040. The summed E-state index contributed by atoms with van der Waals surface area (Å²) >= 11 is 0. The molecule has 4 aromatic rings. The summed E-state index contributed by atoms with van der Waals surface area (Å²) in [6.45, 7) is 5.87. The molecule has 4 rings (SSSR count). The fourth-order valence-corrected chi connectivity index (χ4v) is 3.79. The molecular weight excluding hydrogens is 380 g/mol. The Morgan fingerprint density at radius 1 is 0.774 bits per heavy atom. The number of para-hydroxylation sites is 2. The molecule has 0 saturated carbocycles. The third-order valence-electron chi connectivity index (χ3n) is 5.39. The SMILES string of the molecule is Cc1ccc2c(NCCCNCCN(c3ccccc3)c3ccccc3)ccnc2c1. The van der Waals surface area contributed by atoms with Crippen LogP contribution in [0.5, 0.6) is 0 Å². The molecule has 0 radical (unpaired) electrons. The minimum atomic E-state index is 0.926. The Morgan fingerprint density at radius 3 is 2.19 bits per heavy atom. The van der Waals surface area contributed by atoms with E-state index in [1.807, 2.05) is 6.20 Å². The standard InChI is InChI=1S/C27H30N4/c1-22-13-14-25-26(15-18-30-27(25)21-22)29-17-8-16-28-19-20-31(23-9-4-2-5-10-23)24-11-6-3-7-12-24/h2-7,9-15,18,21,28H,8,16-17,19-20H2,1H3,(H,29,30). The quantitative estimate of drug-likeness (QED) is 0.326. The van der Waals surface area contributed by atoms with Crippen molar-refractivity contribution >= 4 is 28.0 Å². The summed E-state index contributed by atoms with van der Waals surface area (Å²) in [7, 11) is 0. The molecule has 1 aromatic heterocycles. The van der Waals surface area contributed by atoms with Gasteiger partial charge in [0.2, 0.25) is 0 Å². The van der Waals surface area contributed by atoms with E-state index in [1.54, 1.807) is 0 Å². The van der Waals surface area contributed by atoms with Crippen molar-refractivity contribution in [1.82, 2.24) is 10.3 Å². The number of nitrogens with one attached hydrogen (secondary N) is 2. The van der Waals surface area contributed by atoms with E-state index in [1.165, 1.54) is 22.3 Å². The Kier molecular flexibility index (Phi) is 7.14. The van der Waals surface area contributed by atoms with Crippen LogP contribution in [0.2, 0.25) is 0 Å². The Balaban J connectivity index is 1.24. The van der Waals surface area contributed by atoms with Crippen LogP contribution in [0, 0.1) is 6.92 Å². The molecule has 4 heteroatoms. The van der Waals surface area contributed by atoms with Crippen LogP contribution >= 0.6 is 0 Å². The summed E-state index contributed by atoms with van der Waals surface area (Å²) in [5.74, 6) is 0. The van der Waals surface area contributed by atoms with E-state index in [0.717, 1.165) is 43.8 Å². The molecule has 0 saturated heterocycles. The number of pyridine rings is 1. The van der Waals surface area contributed by atoms with Gasteiger partial charge in [-0.2, -0.15) is 0 Å². The van der Waals surface area contributed by atoms with Gasteiger partial charge in [-0.15, -0.1) is 0 Å². The molecule has 0 aliphatic rings. The number of rotatable bonds is 10. The zero-order valence-electron chi connectivity index (χ0n) is 18.1. The van der Waals surface area contributed by atoms with Crippen LogP contribution in [-0.2, 0) is 0 Å². The van der Waals surface area contributed by atoms with Crippen molar-refractivity contribution in [3.8, 4) is 0 Å². The van der Waals surface area contributed by atoms with Crippen LogP contribution in [0.1, 0.15) is 12.0 Å². The summed E-state index contributed by atoms with van der Waals surface area (Å²) in [5.41, 5.74) is 5.88. The molecule has 0 spiro atoms. The third-order valence-corrected chi connectivity index (χ3v) is 5.39. The molecule has 1 heterocycles. The number of aryl methyl sites for hydroxylation is 1. The molecule has 0 aliphatic carbocycles. The maximum Gasteiger partial charge on any atom is 0.0725 e. The van der Waals surface area contributed by atoms with E-state index in [0.29, 0.717) is 0 Å². The van der Waals surface area contributed by atoms with Crippen LogP contribution < -0.4 is 15.5 Å². The van der Waals surface area contributed by atoms with Crippen molar-refractivity contribution < 1.29 is 0 Å². The number of nitrogens with zero attached hydrogens (tertiary/aromatic N) is 2. The molecule has 0 bridgehead atoms. The average molecular weight is 411 g/mol. The lowest BCUT2D eigenvalue weighted by molar-refractivity contribution is 0.662. The molecule has 31 heavy (non-hydrogen) atoms. The second-order valence-electron chi connectivity index (χ2n) is 7.73. The smallest absolute Gasteiger partial charge is 0.0725 e. The fraction of sp³-hybridized carbons (Fsp3) is 0.222. The van der Waals surface area contributed by atoms with Crippen molar-refractivity contribution in [2.45, 2.75) is 13.3 Å². The maximum atomic E-state index is 4.48. The fourth-order valence-electron chi connectivity index (χ4n) is 3.79. The monoisotopic (exact) mass is 410 g/mol. The van der Waals surface area contributed by atoms with Gasteiger partial charge in [0.05, 0.1) is 5.52 Å². The minimum absolute atomic E-state index is 0.926.